The Morgan fingerprint density at radius 1 is 1.08 bits per heavy atom. The van der Waals surface area contributed by atoms with Crippen LogP contribution in [0.5, 0.6) is 5.75 Å². The molecule has 2 rings (SSSR count). The number of benzene rings is 2. The van der Waals surface area contributed by atoms with E-state index in [4.69, 9.17) is 16.3 Å². The van der Waals surface area contributed by atoms with Crippen molar-refractivity contribution in [3.05, 3.63) is 57.6 Å². The average molecular weight is 382 g/mol. The number of hydrogen-bond donors (Lipinski definition) is 0. The Kier molecular flexibility index (Phi) is 5.56. The Morgan fingerprint density at radius 3 is 2.32 bits per heavy atom. The number of carbonyl (C=O) groups is 1. The van der Waals surface area contributed by atoms with Crippen molar-refractivity contribution in [1.29, 1.82) is 0 Å². The van der Waals surface area contributed by atoms with Crippen LogP contribution in [0.15, 0.2) is 35.2 Å². The first-order valence-electron chi connectivity index (χ1n) is 7.56. The molecule has 0 heterocycles. The van der Waals surface area contributed by atoms with Crippen LogP contribution in [0.4, 0.5) is 0 Å². The maximum atomic E-state index is 12.5. The van der Waals surface area contributed by atoms with E-state index in [1.54, 1.807) is 38.1 Å². The molecular weight excluding hydrogens is 362 g/mol. The van der Waals surface area contributed by atoms with E-state index in [0.29, 0.717) is 16.1 Å². The van der Waals surface area contributed by atoms with Crippen molar-refractivity contribution in [2.75, 3.05) is 14.1 Å². The summed E-state index contributed by atoms with van der Waals surface area (Å²) in [7, 11) is -0.782. The van der Waals surface area contributed by atoms with Crippen LogP contribution in [0.2, 0.25) is 5.02 Å². The number of aryl methyl sites for hydroxylation is 2. The molecule has 2 aromatic rings. The summed E-state index contributed by atoms with van der Waals surface area (Å²) >= 11 is 6.05. The third kappa shape index (κ3) is 4.03. The first kappa shape index (κ1) is 19.4. The van der Waals surface area contributed by atoms with Gasteiger partial charge in [-0.15, -0.1) is 0 Å². The lowest BCUT2D eigenvalue weighted by Crippen LogP contribution is -2.24. The quantitative estimate of drug-likeness (QED) is 0.598. The third-order valence-corrected chi connectivity index (χ3v) is 6.16. The van der Waals surface area contributed by atoms with E-state index in [-0.39, 0.29) is 16.2 Å². The van der Waals surface area contributed by atoms with Crippen molar-refractivity contribution in [2.24, 2.45) is 0 Å². The monoisotopic (exact) mass is 381 g/mol. The van der Waals surface area contributed by atoms with Gasteiger partial charge in [0.05, 0.1) is 15.5 Å². The lowest BCUT2D eigenvalue weighted by Gasteiger charge is -2.16. The third-order valence-electron chi connectivity index (χ3n) is 3.90. The molecular formula is C18H20ClNO4S. The molecule has 0 fully saturated rings. The molecule has 0 radical (unpaired) electrons. The molecule has 134 valence electrons. The van der Waals surface area contributed by atoms with Gasteiger partial charge in [-0.25, -0.2) is 17.5 Å². The fraction of sp³-hybridized carbons (Fsp3) is 0.278. The Bertz CT molecular complexity index is 936. The van der Waals surface area contributed by atoms with Crippen molar-refractivity contribution in [3.8, 4) is 5.75 Å². The smallest absolute Gasteiger partial charge is 0.343 e. The standard InChI is InChI=1S/C18H20ClNO4S/c1-11-6-7-15(19)16(8-11)24-18(21)14-9-12(2)13(3)17(10-14)25(22,23)20(4)5/h6-10H,1-5H3. The zero-order valence-electron chi connectivity index (χ0n) is 14.8. The summed E-state index contributed by atoms with van der Waals surface area (Å²) in [5.41, 5.74) is 2.33. The van der Waals surface area contributed by atoms with Gasteiger partial charge in [0, 0.05) is 14.1 Å². The Hall–Kier alpha value is -1.89. The number of halogens is 1. The Labute approximate surface area is 153 Å². The highest BCUT2D eigenvalue weighted by molar-refractivity contribution is 7.89. The lowest BCUT2D eigenvalue weighted by atomic mass is 10.1. The van der Waals surface area contributed by atoms with Crippen LogP contribution >= 0.6 is 11.6 Å². The maximum absolute atomic E-state index is 12.5. The van der Waals surface area contributed by atoms with Gasteiger partial charge >= 0.3 is 5.97 Å². The fourth-order valence-electron chi connectivity index (χ4n) is 2.26. The highest BCUT2D eigenvalue weighted by Gasteiger charge is 2.23. The van der Waals surface area contributed by atoms with Crippen molar-refractivity contribution < 1.29 is 17.9 Å². The number of carbonyl (C=O) groups excluding carboxylic acids is 1. The van der Waals surface area contributed by atoms with E-state index in [2.05, 4.69) is 0 Å². The molecule has 0 atom stereocenters. The van der Waals surface area contributed by atoms with Gasteiger partial charge in [0.2, 0.25) is 10.0 Å². The molecule has 5 nitrogen and oxygen atoms in total. The molecule has 0 bridgehead atoms. The van der Waals surface area contributed by atoms with E-state index in [1.165, 1.54) is 20.2 Å². The van der Waals surface area contributed by atoms with Gasteiger partial charge in [-0.1, -0.05) is 17.7 Å². The first-order chi connectivity index (χ1) is 11.5. The van der Waals surface area contributed by atoms with Gasteiger partial charge in [0.25, 0.3) is 0 Å². The number of hydrogen-bond acceptors (Lipinski definition) is 4. The van der Waals surface area contributed by atoms with Crippen LogP contribution in [0.1, 0.15) is 27.0 Å². The molecule has 7 heteroatoms. The minimum Gasteiger partial charge on any atom is -0.421 e. The van der Waals surface area contributed by atoms with Crippen molar-refractivity contribution in [1.82, 2.24) is 4.31 Å². The second-order valence-corrected chi connectivity index (χ2v) is 8.55. The van der Waals surface area contributed by atoms with Crippen LogP contribution in [0.25, 0.3) is 0 Å². The molecule has 0 spiro atoms. The zero-order chi connectivity index (χ0) is 18.9. The molecule has 0 amide bonds. The molecule has 0 saturated carbocycles. The predicted molar refractivity (Wildman–Crippen MR) is 97.9 cm³/mol. The zero-order valence-corrected chi connectivity index (χ0v) is 16.3. The van der Waals surface area contributed by atoms with Crippen molar-refractivity contribution in [2.45, 2.75) is 25.7 Å². The molecule has 0 aliphatic heterocycles. The topological polar surface area (TPSA) is 63.7 Å². The normalized spacial score (nSPS) is 11.6. The van der Waals surface area contributed by atoms with Gasteiger partial charge in [-0.05, 0) is 61.7 Å². The van der Waals surface area contributed by atoms with E-state index in [9.17, 15) is 13.2 Å². The number of rotatable bonds is 4. The molecule has 0 aromatic heterocycles. The first-order valence-corrected chi connectivity index (χ1v) is 9.38. The van der Waals surface area contributed by atoms with Crippen LogP contribution in [0, 0.1) is 20.8 Å². The van der Waals surface area contributed by atoms with E-state index < -0.39 is 16.0 Å². The van der Waals surface area contributed by atoms with Gasteiger partial charge in [0.1, 0.15) is 5.75 Å². The average Bonchev–Trinajstić information content (AvgIpc) is 2.52. The van der Waals surface area contributed by atoms with Crippen LogP contribution < -0.4 is 4.74 Å². The van der Waals surface area contributed by atoms with Crippen molar-refractivity contribution >= 4 is 27.6 Å². The highest BCUT2D eigenvalue weighted by Crippen LogP contribution is 2.28. The number of sulfonamides is 1. The molecule has 25 heavy (non-hydrogen) atoms. The summed E-state index contributed by atoms with van der Waals surface area (Å²) in [6, 6.07) is 8.04. The summed E-state index contributed by atoms with van der Waals surface area (Å²) in [5, 5.41) is 0.309. The van der Waals surface area contributed by atoms with Gasteiger partial charge in [-0.3, -0.25) is 0 Å². The van der Waals surface area contributed by atoms with Gasteiger partial charge < -0.3 is 4.74 Å². The summed E-state index contributed by atoms with van der Waals surface area (Å²) in [6.45, 7) is 5.31. The molecule has 0 aliphatic rings. The lowest BCUT2D eigenvalue weighted by molar-refractivity contribution is 0.0734. The minimum absolute atomic E-state index is 0.0831. The number of esters is 1. The number of ether oxygens (including phenoxy) is 1. The second kappa shape index (κ2) is 7.15. The Balaban J connectivity index is 2.48. The number of nitrogens with zero attached hydrogens (tertiary/aromatic N) is 1. The van der Waals surface area contributed by atoms with E-state index in [0.717, 1.165) is 9.87 Å². The molecule has 2 aromatic carbocycles. The summed E-state index contributed by atoms with van der Waals surface area (Å²) in [6.07, 6.45) is 0. The summed E-state index contributed by atoms with van der Waals surface area (Å²) < 4.78 is 31.4. The second-order valence-electron chi connectivity index (χ2n) is 6.03. The predicted octanol–water partition coefficient (Wildman–Crippen LogP) is 3.73. The minimum atomic E-state index is -3.67. The molecule has 0 N–H and O–H groups in total. The van der Waals surface area contributed by atoms with Crippen LogP contribution in [0.3, 0.4) is 0 Å². The largest absolute Gasteiger partial charge is 0.421 e. The molecule has 0 aliphatic carbocycles. The van der Waals surface area contributed by atoms with Crippen molar-refractivity contribution in [3.63, 3.8) is 0 Å². The summed E-state index contributed by atoms with van der Waals surface area (Å²) in [5.74, 6) is -0.423. The molecule has 0 unspecified atom stereocenters. The highest BCUT2D eigenvalue weighted by atomic mass is 35.5. The Morgan fingerprint density at radius 2 is 1.72 bits per heavy atom. The van der Waals surface area contributed by atoms with E-state index in [1.807, 2.05) is 6.92 Å². The SMILES string of the molecule is Cc1ccc(Cl)c(OC(=O)c2cc(C)c(C)c(S(=O)(=O)N(C)C)c2)c1. The van der Waals surface area contributed by atoms with E-state index >= 15 is 0 Å². The maximum Gasteiger partial charge on any atom is 0.343 e. The van der Waals surface area contributed by atoms with Crippen LogP contribution in [-0.4, -0.2) is 32.8 Å². The molecule has 0 saturated heterocycles. The summed E-state index contributed by atoms with van der Waals surface area (Å²) in [4.78, 5) is 12.6. The fourth-order valence-corrected chi connectivity index (χ4v) is 3.63. The van der Waals surface area contributed by atoms with Crippen LogP contribution in [-0.2, 0) is 10.0 Å². The van der Waals surface area contributed by atoms with Gasteiger partial charge in [0.15, 0.2) is 0 Å². The van der Waals surface area contributed by atoms with Gasteiger partial charge in [-0.2, -0.15) is 0 Å².